The number of aliphatic hydroxyl groups is 1. The van der Waals surface area contributed by atoms with Crippen LogP contribution in [0.2, 0.25) is 0 Å². The molecule has 0 aromatic rings. The highest BCUT2D eigenvalue weighted by atomic mass is 35.5. The van der Waals surface area contributed by atoms with Crippen LogP contribution in [0.25, 0.3) is 0 Å². The third-order valence-electron chi connectivity index (χ3n) is 4.70. The number of aliphatic hydroxyl groups excluding tert-OH is 1. The van der Waals surface area contributed by atoms with Gasteiger partial charge in [0.15, 0.2) is 0 Å². The number of alkyl halides is 1. The molecule has 1 saturated heterocycles. The fraction of sp³-hybridized carbons (Fsp3) is 0.923. The van der Waals surface area contributed by atoms with Crippen molar-refractivity contribution in [2.24, 2.45) is 0 Å². The second-order valence-corrected chi connectivity index (χ2v) is 6.50. The molecule has 6 heteroatoms. The molecular weight excluding hydrogens is 268 g/mol. The smallest absolute Gasteiger partial charge is 0.237 e. The maximum Gasteiger partial charge on any atom is 0.237 e. The third kappa shape index (κ3) is 2.61. The minimum atomic E-state index is -0.566. The van der Waals surface area contributed by atoms with Crippen LogP contribution in [0.4, 0.5) is 0 Å². The summed E-state index contributed by atoms with van der Waals surface area (Å²) in [4.78, 5) is 13.8. The lowest BCUT2D eigenvalue weighted by molar-refractivity contribution is -0.180. The minimum Gasteiger partial charge on any atom is -0.394 e. The Labute approximate surface area is 119 Å². The van der Waals surface area contributed by atoms with Crippen LogP contribution in [0.3, 0.4) is 0 Å². The number of hydrogen-bond donors (Lipinski definition) is 2. The van der Waals surface area contributed by atoms with E-state index in [1.165, 1.54) is 6.42 Å². The number of hydrogen-bond acceptors (Lipinski definition) is 4. The number of carbonyl (C=O) groups is 1. The quantitative estimate of drug-likeness (QED) is 0.733. The highest BCUT2D eigenvalue weighted by Crippen LogP contribution is 2.43. The zero-order valence-corrected chi connectivity index (χ0v) is 12.4. The molecule has 1 amide bonds. The van der Waals surface area contributed by atoms with Crippen LogP contribution >= 0.6 is 11.6 Å². The molecule has 1 aliphatic carbocycles. The zero-order valence-electron chi connectivity index (χ0n) is 11.6. The number of ether oxygens (including phenoxy) is 1. The van der Waals surface area contributed by atoms with Crippen molar-refractivity contribution in [2.75, 3.05) is 33.4 Å². The molecule has 2 fully saturated rings. The lowest BCUT2D eigenvalue weighted by Crippen LogP contribution is -2.73. The maximum absolute atomic E-state index is 11.6. The van der Waals surface area contributed by atoms with Crippen molar-refractivity contribution in [3.8, 4) is 0 Å². The fourth-order valence-electron chi connectivity index (χ4n) is 2.96. The standard InChI is InChI=1S/C13H23ClN2O3/c1-10(14)11(18)15-6-13(7-17)9-19-8-12(16(13)2)4-3-5-12/h10,17H,3-9H2,1-2H3,(H,15,18). The molecule has 1 spiro atoms. The van der Waals surface area contributed by atoms with Crippen LogP contribution < -0.4 is 5.32 Å². The van der Waals surface area contributed by atoms with Gasteiger partial charge in [0.05, 0.1) is 25.4 Å². The van der Waals surface area contributed by atoms with Crippen LogP contribution in [-0.4, -0.2) is 65.8 Å². The normalized spacial score (nSPS) is 31.8. The zero-order chi connectivity index (χ0) is 14.1. The number of morpholine rings is 1. The Bertz CT molecular complexity index is 347. The van der Waals surface area contributed by atoms with E-state index in [4.69, 9.17) is 16.3 Å². The number of carbonyl (C=O) groups excluding carboxylic acids is 1. The predicted molar refractivity (Wildman–Crippen MR) is 73.3 cm³/mol. The van der Waals surface area contributed by atoms with Crippen molar-refractivity contribution in [1.82, 2.24) is 10.2 Å². The fourth-order valence-corrected chi connectivity index (χ4v) is 3.04. The number of likely N-dealkylation sites (N-methyl/N-ethyl adjacent to an activating group) is 1. The summed E-state index contributed by atoms with van der Waals surface area (Å²) in [7, 11) is 2.02. The molecule has 2 atom stereocenters. The van der Waals surface area contributed by atoms with Gasteiger partial charge in [0.2, 0.25) is 5.91 Å². The van der Waals surface area contributed by atoms with Crippen LogP contribution in [0.1, 0.15) is 26.2 Å². The molecule has 2 aliphatic rings. The topological polar surface area (TPSA) is 61.8 Å². The van der Waals surface area contributed by atoms with Crippen molar-refractivity contribution in [2.45, 2.75) is 42.6 Å². The van der Waals surface area contributed by atoms with E-state index in [1.807, 2.05) is 7.05 Å². The van der Waals surface area contributed by atoms with Gasteiger partial charge in [-0.05, 0) is 33.2 Å². The highest BCUT2D eigenvalue weighted by molar-refractivity contribution is 6.30. The van der Waals surface area contributed by atoms with E-state index in [0.717, 1.165) is 12.8 Å². The molecule has 19 heavy (non-hydrogen) atoms. The van der Waals surface area contributed by atoms with Gasteiger partial charge in [-0.2, -0.15) is 0 Å². The minimum absolute atomic E-state index is 0.0395. The Hall–Kier alpha value is -0.360. The summed E-state index contributed by atoms with van der Waals surface area (Å²) in [5.74, 6) is -0.212. The number of halogens is 1. The molecule has 5 nitrogen and oxygen atoms in total. The summed E-state index contributed by atoms with van der Waals surface area (Å²) in [6, 6.07) is 0. The first-order valence-electron chi connectivity index (χ1n) is 6.80. The Balaban J connectivity index is 2.06. The van der Waals surface area contributed by atoms with Crippen molar-refractivity contribution in [3.05, 3.63) is 0 Å². The molecule has 110 valence electrons. The molecule has 2 unspecified atom stereocenters. The van der Waals surface area contributed by atoms with E-state index < -0.39 is 10.9 Å². The van der Waals surface area contributed by atoms with Crippen molar-refractivity contribution in [3.63, 3.8) is 0 Å². The van der Waals surface area contributed by atoms with E-state index in [2.05, 4.69) is 10.2 Å². The molecule has 2 N–H and O–H groups in total. The lowest BCUT2D eigenvalue weighted by atomic mass is 9.72. The second-order valence-electron chi connectivity index (χ2n) is 5.85. The van der Waals surface area contributed by atoms with Crippen LogP contribution in [0.5, 0.6) is 0 Å². The van der Waals surface area contributed by atoms with E-state index in [-0.39, 0.29) is 18.1 Å². The number of rotatable bonds is 4. The van der Waals surface area contributed by atoms with E-state index in [9.17, 15) is 9.90 Å². The first-order valence-corrected chi connectivity index (χ1v) is 7.24. The molecule has 1 heterocycles. The lowest BCUT2D eigenvalue weighted by Gasteiger charge is -2.59. The first kappa shape index (κ1) is 15.0. The SMILES string of the molecule is CC(Cl)C(=O)NCC1(CO)COCC2(CCC2)N1C. The molecule has 1 saturated carbocycles. The van der Waals surface area contributed by atoms with Gasteiger partial charge in [-0.1, -0.05) is 0 Å². The second kappa shape index (κ2) is 5.56. The number of amides is 1. The molecule has 1 aliphatic heterocycles. The largest absolute Gasteiger partial charge is 0.394 e. The summed E-state index contributed by atoms with van der Waals surface area (Å²) in [6.07, 6.45) is 3.37. The number of nitrogens with zero attached hydrogens (tertiary/aromatic N) is 1. The van der Waals surface area contributed by atoms with E-state index in [0.29, 0.717) is 19.8 Å². The van der Waals surface area contributed by atoms with E-state index >= 15 is 0 Å². The average molecular weight is 291 g/mol. The summed E-state index contributed by atoms with van der Waals surface area (Å²) < 4.78 is 5.71. The van der Waals surface area contributed by atoms with Crippen LogP contribution in [0, 0.1) is 0 Å². The van der Waals surface area contributed by atoms with Gasteiger partial charge in [-0.3, -0.25) is 9.69 Å². The number of nitrogens with one attached hydrogen (secondary N) is 1. The van der Waals surface area contributed by atoms with Crippen molar-refractivity contribution >= 4 is 17.5 Å². The average Bonchev–Trinajstić information content (AvgIpc) is 2.35. The molecule has 0 aromatic carbocycles. The molecular formula is C13H23ClN2O3. The summed E-state index contributed by atoms with van der Waals surface area (Å²) >= 11 is 5.75. The Morgan fingerprint density at radius 3 is 2.68 bits per heavy atom. The molecule has 0 radical (unpaired) electrons. The first-order chi connectivity index (χ1) is 8.96. The highest BCUT2D eigenvalue weighted by Gasteiger charge is 2.53. The molecule has 0 aromatic heterocycles. The monoisotopic (exact) mass is 290 g/mol. The molecule has 0 bridgehead atoms. The van der Waals surface area contributed by atoms with Gasteiger partial charge in [0.25, 0.3) is 0 Å². The van der Waals surface area contributed by atoms with E-state index in [1.54, 1.807) is 6.92 Å². The van der Waals surface area contributed by atoms with Crippen LogP contribution in [-0.2, 0) is 9.53 Å². The van der Waals surface area contributed by atoms with Gasteiger partial charge in [0.1, 0.15) is 5.38 Å². The Morgan fingerprint density at radius 2 is 2.21 bits per heavy atom. The van der Waals surface area contributed by atoms with Gasteiger partial charge in [0, 0.05) is 12.1 Å². The Morgan fingerprint density at radius 1 is 1.53 bits per heavy atom. The summed E-state index contributed by atoms with van der Waals surface area (Å²) in [5, 5.41) is 12.1. The summed E-state index contributed by atoms with van der Waals surface area (Å²) in [6.45, 7) is 3.10. The third-order valence-corrected chi connectivity index (χ3v) is 4.89. The van der Waals surface area contributed by atoms with Gasteiger partial charge >= 0.3 is 0 Å². The molecule has 2 rings (SSSR count). The maximum atomic E-state index is 11.6. The van der Waals surface area contributed by atoms with Crippen molar-refractivity contribution < 1.29 is 14.6 Å². The van der Waals surface area contributed by atoms with Gasteiger partial charge < -0.3 is 15.2 Å². The Kier molecular flexibility index (Phi) is 4.40. The van der Waals surface area contributed by atoms with Crippen molar-refractivity contribution in [1.29, 1.82) is 0 Å². The predicted octanol–water partition coefficient (Wildman–Crippen LogP) is 0.346. The van der Waals surface area contributed by atoms with Gasteiger partial charge in [-0.15, -0.1) is 11.6 Å². The van der Waals surface area contributed by atoms with Gasteiger partial charge in [-0.25, -0.2) is 0 Å². The van der Waals surface area contributed by atoms with Crippen LogP contribution in [0.15, 0.2) is 0 Å². The summed E-state index contributed by atoms with van der Waals surface area (Å²) in [5.41, 5.74) is -0.502.